The summed E-state index contributed by atoms with van der Waals surface area (Å²) < 4.78 is 0. The Morgan fingerprint density at radius 1 is 1.30 bits per heavy atom. The highest BCUT2D eigenvalue weighted by Crippen LogP contribution is 2.29. The molecular formula is C12H15N3O5. The topological polar surface area (TPSA) is 129 Å². The van der Waals surface area contributed by atoms with E-state index in [1.807, 2.05) is 0 Å². The Kier molecular flexibility index (Phi) is 4.38. The van der Waals surface area contributed by atoms with E-state index in [4.69, 9.17) is 5.73 Å². The van der Waals surface area contributed by atoms with Crippen LogP contribution in [0.5, 0.6) is 0 Å². The first-order valence-electron chi connectivity index (χ1n) is 5.82. The zero-order valence-electron chi connectivity index (χ0n) is 11.1. The van der Waals surface area contributed by atoms with E-state index in [2.05, 4.69) is 0 Å². The van der Waals surface area contributed by atoms with Gasteiger partial charge in [0.05, 0.1) is 16.3 Å². The van der Waals surface area contributed by atoms with E-state index in [-0.39, 0.29) is 12.0 Å². The van der Waals surface area contributed by atoms with E-state index in [0.717, 1.165) is 0 Å². The Morgan fingerprint density at radius 2 is 1.85 bits per heavy atom. The van der Waals surface area contributed by atoms with Crippen molar-refractivity contribution >= 4 is 5.91 Å². The van der Waals surface area contributed by atoms with Gasteiger partial charge in [-0.25, -0.2) is 0 Å². The lowest BCUT2D eigenvalue weighted by atomic mass is 9.80. The second kappa shape index (κ2) is 5.64. The monoisotopic (exact) mass is 281 g/mol. The molecule has 0 aliphatic heterocycles. The first-order valence-corrected chi connectivity index (χ1v) is 5.82. The third-order valence-corrected chi connectivity index (χ3v) is 3.11. The van der Waals surface area contributed by atoms with Crippen LogP contribution in [0.15, 0.2) is 24.3 Å². The lowest BCUT2D eigenvalue weighted by molar-refractivity contribution is -0.744. The lowest BCUT2D eigenvalue weighted by Gasteiger charge is -2.24. The molecule has 1 aromatic rings. The van der Waals surface area contributed by atoms with E-state index < -0.39 is 27.3 Å². The number of carbonyl (C=O) groups excluding carboxylic acids is 1. The average molecular weight is 281 g/mol. The van der Waals surface area contributed by atoms with E-state index in [9.17, 15) is 25.0 Å². The second-order valence-electron chi connectivity index (χ2n) is 5.08. The van der Waals surface area contributed by atoms with Crippen molar-refractivity contribution in [2.45, 2.75) is 31.8 Å². The molecule has 0 aliphatic carbocycles. The summed E-state index contributed by atoms with van der Waals surface area (Å²) in [6.07, 6.45) is -2.17. The zero-order chi connectivity index (χ0) is 15.5. The highest BCUT2D eigenvalue weighted by molar-refractivity contribution is 5.92. The third-order valence-electron chi connectivity index (χ3n) is 3.11. The predicted octanol–water partition coefficient (Wildman–Crippen LogP) is 1.33. The summed E-state index contributed by atoms with van der Waals surface area (Å²) in [7, 11) is 0. The SMILES string of the molecule is CC(C)(CC([N+](=O)[O-])[N+](=O)[O-])c1cccc(C(N)=O)c1. The van der Waals surface area contributed by atoms with Crippen LogP contribution in [-0.2, 0) is 5.41 Å². The molecule has 8 heteroatoms. The fourth-order valence-electron chi connectivity index (χ4n) is 1.89. The predicted molar refractivity (Wildman–Crippen MR) is 70.4 cm³/mol. The number of primary amides is 1. The van der Waals surface area contributed by atoms with Gasteiger partial charge in [0.15, 0.2) is 0 Å². The van der Waals surface area contributed by atoms with E-state index in [1.54, 1.807) is 26.0 Å². The molecule has 0 saturated heterocycles. The van der Waals surface area contributed by atoms with Gasteiger partial charge >= 0.3 is 6.17 Å². The second-order valence-corrected chi connectivity index (χ2v) is 5.08. The summed E-state index contributed by atoms with van der Waals surface area (Å²) >= 11 is 0. The molecule has 0 aliphatic rings. The van der Waals surface area contributed by atoms with Crippen molar-refractivity contribution in [3.8, 4) is 0 Å². The maximum atomic E-state index is 11.1. The smallest absolute Gasteiger partial charge is 0.366 e. The summed E-state index contributed by atoms with van der Waals surface area (Å²) in [5, 5.41) is 21.4. The molecule has 0 spiro atoms. The Bertz CT molecular complexity index is 542. The van der Waals surface area contributed by atoms with Gasteiger partial charge < -0.3 is 5.73 Å². The average Bonchev–Trinajstić information content (AvgIpc) is 2.35. The highest BCUT2D eigenvalue weighted by atomic mass is 16.7. The van der Waals surface area contributed by atoms with Gasteiger partial charge in [-0.15, -0.1) is 0 Å². The number of hydrogen-bond acceptors (Lipinski definition) is 5. The summed E-state index contributed by atoms with van der Waals surface area (Å²) in [6.45, 7) is 3.29. The first-order chi connectivity index (χ1) is 9.15. The Labute approximate surface area is 114 Å². The van der Waals surface area contributed by atoms with Crippen LogP contribution in [0.25, 0.3) is 0 Å². The Hall–Kier alpha value is -2.51. The zero-order valence-corrected chi connectivity index (χ0v) is 11.1. The number of carbonyl (C=O) groups is 1. The van der Waals surface area contributed by atoms with Gasteiger partial charge in [0.1, 0.15) is 0 Å². The van der Waals surface area contributed by atoms with Crippen LogP contribution in [0.1, 0.15) is 36.2 Å². The number of nitro groups is 2. The van der Waals surface area contributed by atoms with Gasteiger partial charge in [-0.2, -0.15) is 0 Å². The van der Waals surface area contributed by atoms with Crippen LogP contribution < -0.4 is 5.73 Å². The minimum atomic E-state index is -1.89. The summed E-state index contributed by atoms with van der Waals surface area (Å²) in [5.41, 5.74) is 5.18. The van der Waals surface area contributed by atoms with Gasteiger partial charge in [0.2, 0.25) is 5.91 Å². The molecule has 0 aromatic heterocycles. The third kappa shape index (κ3) is 3.50. The van der Waals surface area contributed by atoms with Crippen LogP contribution >= 0.6 is 0 Å². The van der Waals surface area contributed by atoms with Gasteiger partial charge in [0.25, 0.3) is 0 Å². The van der Waals surface area contributed by atoms with Crippen molar-refractivity contribution in [2.24, 2.45) is 5.73 Å². The largest absolute Gasteiger partial charge is 0.451 e. The molecule has 108 valence electrons. The summed E-state index contributed by atoms with van der Waals surface area (Å²) in [5.74, 6) is -0.622. The number of nitrogens with zero attached hydrogens (tertiary/aromatic N) is 2. The maximum Gasteiger partial charge on any atom is 0.451 e. The van der Waals surface area contributed by atoms with Crippen LogP contribution in [-0.4, -0.2) is 21.9 Å². The van der Waals surface area contributed by atoms with Crippen molar-refractivity contribution < 1.29 is 14.6 Å². The Balaban J connectivity index is 3.09. The summed E-state index contributed by atoms with van der Waals surface area (Å²) in [6, 6.07) is 6.26. The van der Waals surface area contributed by atoms with Crippen LogP contribution in [0.3, 0.4) is 0 Å². The highest BCUT2D eigenvalue weighted by Gasteiger charge is 2.40. The number of hydrogen-bond donors (Lipinski definition) is 1. The van der Waals surface area contributed by atoms with Crippen LogP contribution in [0.2, 0.25) is 0 Å². The molecule has 1 rings (SSSR count). The fraction of sp³-hybridized carbons (Fsp3) is 0.417. The molecule has 0 atom stereocenters. The molecule has 0 heterocycles. The number of rotatable bonds is 6. The summed E-state index contributed by atoms with van der Waals surface area (Å²) in [4.78, 5) is 30.7. The molecule has 0 unspecified atom stereocenters. The first kappa shape index (κ1) is 15.5. The lowest BCUT2D eigenvalue weighted by Crippen LogP contribution is -2.35. The molecule has 20 heavy (non-hydrogen) atoms. The molecule has 1 aromatic carbocycles. The maximum absolute atomic E-state index is 11.1. The van der Waals surface area contributed by atoms with Gasteiger partial charge in [-0.3, -0.25) is 25.0 Å². The molecule has 0 bridgehead atoms. The van der Waals surface area contributed by atoms with Crippen molar-refractivity contribution in [3.05, 3.63) is 55.6 Å². The van der Waals surface area contributed by atoms with Crippen molar-refractivity contribution in [2.75, 3.05) is 0 Å². The van der Waals surface area contributed by atoms with E-state index in [1.165, 1.54) is 12.1 Å². The van der Waals surface area contributed by atoms with Gasteiger partial charge in [-0.1, -0.05) is 26.0 Å². The van der Waals surface area contributed by atoms with E-state index in [0.29, 0.717) is 5.56 Å². The molecule has 1 amide bonds. The van der Waals surface area contributed by atoms with Crippen LogP contribution in [0, 0.1) is 20.2 Å². The van der Waals surface area contributed by atoms with Crippen molar-refractivity contribution in [1.29, 1.82) is 0 Å². The van der Waals surface area contributed by atoms with Gasteiger partial charge in [-0.05, 0) is 17.7 Å². The van der Waals surface area contributed by atoms with Gasteiger partial charge in [0, 0.05) is 11.0 Å². The van der Waals surface area contributed by atoms with E-state index >= 15 is 0 Å². The fourth-order valence-corrected chi connectivity index (χ4v) is 1.89. The molecule has 0 saturated carbocycles. The van der Waals surface area contributed by atoms with Crippen LogP contribution in [0.4, 0.5) is 0 Å². The minimum Gasteiger partial charge on any atom is -0.366 e. The molecule has 0 radical (unpaired) electrons. The normalized spacial score (nSPS) is 11.3. The molecule has 2 N–H and O–H groups in total. The number of nitrogens with two attached hydrogens (primary N) is 1. The molecule has 8 nitrogen and oxygen atoms in total. The minimum absolute atomic E-state index is 0.259. The van der Waals surface area contributed by atoms with Crippen molar-refractivity contribution in [1.82, 2.24) is 0 Å². The standard InChI is InChI=1S/C12H15N3O5/c1-12(2,7-10(14(17)18)15(19)20)9-5-3-4-8(6-9)11(13)16/h3-6,10H,7H2,1-2H3,(H2,13,16). The number of benzene rings is 1. The van der Waals surface area contributed by atoms with Crippen molar-refractivity contribution in [3.63, 3.8) is 0 Å². The molecular weight excluding hydrogens is 266 g/mol. The Morgan fingerprint density at radius 3 is 2.30 bits per heavy atom. The number of amides is 1. The molecule has 0 fully saturated rings. The quantitative estimate of drug-likeness (QED) is 0.477.